The first-order valence-corrected chi connectivity index (χ1v) is 9.76. The van der Waals surface area contributed by atoms with E-state index in [0.717, 1.165) is 6.42 Å². The van der Waals surface area contributed by atoms with Crippen molar-refractivity contribution in [3.05, 3.63) is 23.8 Å². The van der Waals surface area contributed by atoms with E-state index < -0.39 is 5.41 Å². The molecular formula is C21H32N2O4. The van der Waals surface area contributed by atoms with Gasteiger partial charge in [0.25, 0.3) is 5.91 Å². The Labute approximate surface area is 162 Å². The number of hydrogen-bond acceptors (Lipinski definition) is 4. The van der Waals surface area contributed by atoms with E-state index in [1.54, 1.807) is 23.1 Å². The van der Waals surface area contributed by atoms with Crippen LogP contribution in [-0.2, 0) is 4.79 Å². The highest BCUT2D eigenvalue weighted by molar-refractivity contribution is 5.95. The molecule has 6 heteroatoms. The van der Waals surface area contributed by atoms with Crippen LogP contribution in [0.4, 0.5) is 0 Å². The van der Waals surface area contributed by atoms with Gasteiger partial charge in [-0.25, -0.2) is 0 Å². The topological polar surface area (TPSA) is 59.1 Å². The number of rotatable bonds is 6. The van der Waals surface area contributed by atoms with E-state index >= 15 is 0 Å². The zero-order valence-electron chi connectivity index (χ0n) is 17.2. The summed E-state index contributed by atoms with van der Waals surface area (Å²) >= 11 is 0. The van der Waals surface area contributed by atoms with E-state index in [0.29, 0.717) is 56.5 Å². The van der Waals surface area contributed by atoms with Gasteiger partial charge in [0, 0.05) is 37.2 Å². The molecule has 2 rings (SSSR count). The number of piperazine rings is 1. The Balaban J connectivity index is 2.05. The van der Waals surface area contributed by atoms with Crippen LogP contribution < -0.4 is 9.47 Å². The highest BCUT2D eigenvalue weighted by atomic mass is 16.5. The van der Waals surface area contributed by atoms with Crippen molar-refractivity contribution in [2.45, 2.75) is 41.0 Å². The van der Waals surface area contributed by atoms with Crippen molar-refractivity contribution in [2.24, 2.45) is 5.41 Å². The van der Waals surface area contributed by atoms with Gasteiger partial charge in [-0.1, -0.05) is 27.7 Å². The molecule has 0 saturated carbocycles. The molecule has 27 heavy (non-hydrogen) atoms. The second kappa shape index (κ2) is 9.11. The largest absolute Gasteiger partial charge is 0.490 e. The lowest BCUT2D eigenvalue weighted by Gasteiger charge is -2.37. The number of hydrogen-bond donors (Lipinski definition) is 0. The lowest BCUT2D eigenvalue weighted by Crippen LogP contribution is -2.53. The molecule has 0 atom stereocenters. The predicted octanol–water partition coefficient (Wildman–Crippen LogP) is 3.20. The molecule has 0 aromatic heterocycles. The first-order chi connectivity index (χ1) is 12.8. The van der Waals surface area contributed by atoms with E-state index in [1.165, 1.54) is 0 Å². The first-order valence-electron chi connectivity index (χ1n) is 9.76. The van der Waals surface area contributed by atoms with Gasteiger partial charge in [-0.15, -0.1) is 0 Å². The highest BCUT2D eigenvalue weighted by Gasteiger charge is 2.31. The average Bonchev–Trinajstić information content (AvgIpc) is 2.65. The first kappa shape index (κ1) is 21.1. The van der Waals surface area contributed by atoms with Crippen molar-refractivity contribution in [3.63, 3.8) is 0 Å². The molecule has 0 N–H and O–H groups in total. The number of amides is 2. The zero-order valence-corrected chi connectivity index (χ0v) is 17.2. The Morgan fingerprint density at radius 3 is 2.15 bits per heavy atom. The van der Waals surface area contributed by atoms with E-state index in [2.05, 4.69) is 0 Å². The standard InChI is InChI=1S/C21H32N2O4/c1-6-14-27-17-9-8-16(15-18(17)26-7-2)19(24)22-10-12-23(13-11-22)20(25)21(3,4)5/h8-9,15H,6-7,10-14H2,1-5H3. The molecule has 1 fully saturated rings. The van der Waals surface area contributed by atoms with Crippen LogP contribution in [0.5, 0.6) is 11.5 Å². The number of ether oxygens (including phenoxy) is 2. The molecule has 1 heterocycles. The second-order valence-corrected chi connectivity index (χ2v) is 7.78. The number of nitrogens with zero attached hydrogens (tertiary/aromatic N) is 2. The number of carbonyl (C=O) groups is 2. The Morgan fingerprint density at radius 2 is 1.59 bits per heavy atom. The molecule has 0 spiro atoms. The number of carbonyl (C=O) groups excluding carboxylic acids is 2. The summed E-state index contributed by atoms with van der Waals surface area (Å²) < 4.78 is 11.3. The second-order valence-electron chi connectivity index (χ2n) is 7.78. The maximum atomic E-state index is 12.9. The summed E-state index contributed by atoms with van der Waals surface area (Å²) in [5.41, 5.74) is 0.185. The summed E-state index contributed by atoms with van der Waals surface area (Å²) in [6.07, 6.45) is 0.907. The fourth-order valence-corrected chi connectivity index (χ4v) is 3.01. The monoisotopic (exact) mass is 376 g/mol. The Morgan fingerprint density at radius 1 is 0.963 bits per heavy atom. The molecule has 0 bridgehead atoms. The van der Waals surface area contributed by atoms with Crippen LogP contribution in [0.2, 0.25) is 0 Å². The van der Waals surface area contributed by atoms with Gasteiger partial charge in [-0.2, -0.15) is 0 Å². The Hall–Kier alpha value is -2.24. The predicted molar refractivity (Wildman–Crippen MR) is 105 cm³/mol. The summed E-state index contributed by atoms with van der Waals surface area (Å²) in [5.74, 6) is 1.35. The fourth-order valence-electron chi connectivity index (χ4n) is 3.01. The van der Waals surface area contributed by atoms with Crippen molar-refractivity contribution in [1.82, 2.24) is 9.80 Å². The minimum Gasteiger partial charge on any atom is -0.490 e. The third kappa shape index (κ3) is 5.37. The smallest absolute Gasteiger partial charge is 0.254 e. The Kier molecular flexibility index (Phi) is 7.11. The van der Waals surface area contributed by atoms with Gasteiger partial charge in [0.1, 0.15) is 0 Å². The van der Waals surface area contributed by atoms with Crippen molar-refractivity contribution in [3.8, 4) is 11.5 Å². The zero-order chi connectivity index (χ0) is 20.0. The van der Waals surface area contributed by atoms with E-state index in [9.17, 15) is 9.59 Å². The van der Waals surface area contributed by atoms with Crippen LogP contribution in [0, 0.1) is 5.41 Å². The van der Waals surface area contributed by atoms with Crippen LogP contribution in [-0.4, -0.2) is 61.0 Å². The lowest BCUT2D eigenvalue weighted by molar-refractivity contribution is -0.140. The summed E-state index contributed by atoms with van der Waals surface area (Å²) in [6, 6.07) is 5.33. The maximum absolute atomic E-state index is 12.9. The minimum absolute atomic E-state index is 0.0409. The van der Waals surface area contributed by atoms with Gasteiger partial charge in [0.15, 0.2) is 11.5 Å². The van der Waals surface area contributed by atoms with Crippen LogP contribution in [0.25, 0.3) is 0 Å². The van der Waals surface area contributed by atoms with Crippen LogP contribution >= 0.6 is 0 Å². The van der Waals surface area contributed by atoms with Crippen molar-refractivity contribution >= 4 is 11.8 Å². The quantitative estimate of drug-likeness (QED) is 0.765. The van der Waals surface area contributed by atoms with Gasteiger partial charge in [-0.05, 0) is 31.5 Å². The van der Waals surface area contributed by atoms with Gasteiger partial charge in [-0.3, -0.25) is 9.59 Å². The molecule has 1 saturated heterocycles. The highest BCUT2D eigenvalue weighted by Crippen LogP contribution is 2.29. The molecule has 0 aliphatic carbocycles. The summed E-state index contributed by atoms with van der Waals surface area (Å²) in [6.45, 7) is 13.0. The van der Waals surface area contributed by atoms with Gasteiger partial charge in [0.2, 0.25) is 5.91 Å². The van der Waals surface area contributed by atoms with Crippen molar-refractivity contribution < 1.29 is 19.1 Å². The molecule has 2 amide bonds. The van der Waals surface area contributed by atoms with Crippen LogP contribution in [0.1, 0.15) is 51.4 Å². The average molecular weight is 376 g/mol. The van der Waals surface area contributed by atoms with Gasteiger partial charge < -0.3 is 19.3 Å². The third-order valence-electron chi connectivity index (χ3n) is 4.45. The van der Waals surface area contributed by atoms with E-state index in [-0.39, 0.29) is 11.8 Å². The molecule has 6 nitrogen and oxygen atoms in total. The van der Waals surface area contributed by atoms with E-state index in [1.807, 2.05) is 39.5 Å². The summed E-state index contributed by atoms with van der Waals surface area (Å²) in [5, 5.41) is 0. The molecule has 1 aliphatic rings. The SMILES string of the molecule is CCCOc1ccc(C(=O)N2CCN(C(=O)C(C)(C)C)CC2)cc1OCC. The van der Waals surface area contributed by atoms with E-state index in [4.69, 9.17) is 9.47 Å². The fraction of sp³-hybridized carbons (Fsp3) is 0.619. The molecule has 1 aliphatic heterocycles. The Bertz CT molecular complexity index is 659. The number of benzene rings is 1. The van der Waals surface area contributed by atoms with Crippen molar-refractivity contribution in [1.29, 1.82) is 0 Å². The lowest BCUT2D eigenvalue weighted by atomic mass is 9.94. The molecule has 0 radical (unpaired) electrons. The summed E-state index contributed by atoms with van der Waals surface area (Å²) in [7, 11) is 0. The molecule has 150 valence electrons. The van der Waals surface area contributed by atoms with Gasteiger partial charge >= 0.3 is 0 Å². The van der Waals surface area contributed by atoms with Crippen LogP contribution in [0.3, 0.4) is 0 Å². The summed E-state index contributed by atoms with van der Waals surface area (Å²) in [4.78, 5) is 28.9. The molecule has 0 unspecified atom stereocenters. The molecular weight excluding hydrogens is 344 g/mol. The van der Waals surface area contributed by atoms with Gasteiger partial charge in [0.05, 0.1) is 13.2 Å². The minimum atomic E-state index is -0.396. The van der Waals surface area contributed by atoms with Crippen LogP contribution in [0.15, 0.2) is 18.2 Å². The molecule has 1 aromatic rings. The maximum Gasteiger partial charge on any atom is 0.254 e. The van der Waals surface area contributed by atoms with Crippen molar-refractivity contribution in [2.75, 3.05) is 39.4 Å². The third-order valence-corrected chi connectivity index (χ3v) is 4.45. The normalized spacial score (nSPS) is 14.9. The molecule has 1 aromatic carbocycles.